The summed E-state index contributed by atoms with van der Waals surface area (Å²) in [5, 5.41) is 2.01. The van der Waals surface area contributed by atoms with Crippen molar-refractivity contribution in [2.24, 2.45) is 0 Å². The Balaban J connectivity index is 1.72. The summed E-state index contributed by atoms with van der Waals surface area (Å²) in [4.78, 5) is 19.7. The first-order valence-electron chi connectivity index (χ1n) is 7.01. The zero-order valence-corrected chi connectivity index (χ0v) is 12.9. The molecule has 1 aliphatic rings. The number of methoxy groups -OCH3 is 1. The summed E-state index contributed by atoms with van der Waals surface area (Å²) in [6.45, 7) is 2.02. The van der Waals surface area contributed by atoms with E-state index in [9.17, 15) is 4.79 Å². The minimum absolute atomic E-state index is 0.195. The molecule has 0 bridgehead atoms. The fourth-order valence-corrected chi connectivity index (χ4v) is 3.43. The lowest BCUT2D eigenvalue weighted by molar-refractivity contribution is -0.131. The number of amides is 1. The van der Waals surface area contributed by atoms with E-state index in [0.29, 0.717) is 19.6 Å². The third kappa shape index (κ3) is 3.14. The third-order valence-corrected chi connectivity index (χ3v) is 4.66. The number of aromatic nitrogens is 1. The molecule has 0 aromatic carbocycles. The second-order valence-electron chi connectivity index (χ2n) is 5.19. The Morgan fingerprint density at radius 1 is 1.48 bits per heavy atom. The standard InChI is InChI=1S/C16H18N2O2S/c1-20-11-13-9-17-8-12-10-18(5-4-15(12)13)16(19)7-14-3-2-6-21-14/h2-3,6,8-9H,4-5,7,10-11H2,1H3. The van der Waals surface area contributed by atoms with Crippen molar-refractivity contribution in [3.05, 3.63) is 51.5 Å². The maximum absolute atomic E-state index is 12.4. The summed E-state index contributed by atoms with van der Waals surface area (Å²) in [7, 11) is 1.69. The molecule has 3 heterocycles. The molecule has 1 aliphatic heterocycles. The average molecular weight is 302 g/mol. The molecular weight excluding hydrogens is 284 g/mol. The van der Waals surface area contributed by atoms with Crippen molar-refractivity contribution < 1.29 is 9.53 Å². The Morgan fingerprint density at radius 2 is 2.38 bits per heavy atom. The van der Waals surface area contributed by atoms with E-state index >= 15 is 0 Å². The number of thiophene rings is 1. The van der Waals surface area contributed by atoms with E-state index in [-0.39, 0.29) is 5.91 Å². The Morgan fingerprint density at radius 3 is 3.14 bits per heavy atom. The zero-order valence-electron chi connectivity index (χ0n) is 12.0. The summed E-state index contributed by atoms with van der Waals surface area (Å²) < 4.78 is 5.22. The number of hydrogen-bond acceptors (Lipinski definition) is 4. The molecule has 3 rings (SSSR count). The van der Waals surface area contributed by atoms with E-state index in [1.807, 2.05) is 34.8 Å². The number of pyridine rings is 1. The van der Waals surface area contributed by atoms with Gasteiger partial charge in [0, 0.05) is 37.5 Å². The summed E-state index contributed by atoms with van der Waals surface area (Å²) in [5.74, 6) is 0.195. The molecule has 4 nitrogen and oxygen atoms in total. The highest BCUT2D eigenvalue weighted by Crippen LogP contribution is 2.23. The molecule has 0 atom stereocenters. The van der Waals surface area contributed by atoms with Gasteiger partial charge in [-0.15, -0.1) is 11.3 Å². The van der Waals surface area contributed by atoms with Crippen LogP contribution in [-0.4, -0.2) is 29.4 Å². The molecule has 2 aromatic rings. The van der Waals surface area contributed by atoms with Gasteiger partial charge in [0.05, 0.1) is 13.0 Å². The number of fused-ring (bicyclic) bond motifs is 1. The number of carbonyl (C=O) groups excluding carboxylic acids is 1. The van der Waals surface area contributed by atoms with Gasteiger partial charge >= 0.3 is 0 Å². The molecule has 1 amide bonds. The highest BCUT2D eigenvalue weighted by Gasteiger charge is 2.22. The number of rotatable bonds is 4. The summed E-state index contributed by atoms with van der Waals surface area (Å²) in [5.41, 5.74) is 3.59. The second kappa shape index (κ2) is 6.37. The van der Waals surface area contributed by atoms with Crippen molar-refractivity contribution in [1.29, 1.82) is 0 Å². The first-order valence-corrected chi connectivity index (χ1v) is 7.89. The number of carbonyl (C=O) groups is 1. The van der Waals surface area contributed by atoms with Gasteiger partial charge in [-0.1, -0.05) is 6.07 Å². The van der Waals surface area contributed by atoms with Crippen LogP contribution in [0, 0.1) is 0 Å². The van der Waals surface area contributed by atoms with Gasteiger partial charge in [-0.25, -0.2) is 0 Å². The fourth-order valence-electron chi connectivity index (χ4n) is 2.73. The summed E-state index contributed by atoms with van der Waals surface area (Å²) in [6.07, 6.45) is 5.12. The number of hydrogen-bond donors (Lipinski definition) is 0. The minimum atomic E-state index is 0.195. The predicted molar refractivity (Wildman–Crippen MR) is 82.1 cm³/mol. The molecule has 0 fully saturated rings. The van der Waals surface area contributed by atoms with Crippen LogP contribution >= 0.6 is 11.3 Å². The molecule has 21 heavy (non-hydrogen) atoms. The van der Waals surface area contributed by atoms with Crippen molar-refractivity contribution in [3.63, 3.8) is 0 Å². The first kappa shape index (κ1) is 14.2. The van der Waals surface area contributed by atoms with E-state index in [1.54, 1.807) is 18.4 Å². The van der Waals surface area contributed by atoms with Crippen LogP contribution < -0.4 is 0 Å². The smallest absolute Gasteiger partial charge is 0.228 e. The van der Waals surface area contributed by atoms with Crippen LogP contribution in [0.25, 0.3) is 0 Å². The molecule has 110 valence electrons. The van der Waals surface area contributed by atoms with Gasteiger partial charge in [0.2, 0.25) is 5.91 Å². The zero-order chi connectivity index (χ0) is 14.7. The molecule has 5 heteroatoms. The first-order chi connectivity index (χ1) is 10.3. The van der Waals surface area contributed by atoms with E-state index in [2.05, 4.69) is 4.98 Å². The number of nitrogens with zero attached hydrogens (tertiary/aromatic N) is 2. The van der Waals surface area contributed by atoms with Crippen LogP contribution in [0.4, 0.5) is 0 Å². The molecule has 0 radical (unpaired) electrons. The molecule has 0 saturated heterocycles. The molecule has 0 saturated carbocycles. The lowest BCUT2D eigenvalue weighted by atomic mass is 9.97. The quantitative estimate of drug-likeness (QED) is 0.871. The van der Waals surface area contributed by atoms with Gasteiger partial charge in [-0.05, 0) is 34.6 Å². The van der Waals surface area contributed by atoms with Crippen LogP contribution in [-0.2, 0) is 35.5 Å². The topological polar surface area (TPSA) is 42.4 Å². The summed E-state index contributed by atoms with van der Waals surface area (Å²) in [6, 6.07) is 4.00. The largest absolute Gasteiger partial charge is 0.380 e. The van der Waals surface area contributed by atoms with Gasteiger partial charge < -0.3 is 9.64 Å². The van der Waals surface area contributed by atoms with Crippen molar-refractivity contribution >= 4 is 17.2 Å². The van der Waals surface area contributed by atoms with Crippen LogP contribution in [0.3, 0.4) is 0 Å². The Hall–Kier alpha value is -1.72. The molecule has 0 unspecified atom stereocenters. The lowest BCUT2D eigenvalue weighted by Gasteiger charge is -2.29. The van der Waals surface area contributed by atoms with Gasteiger partial charge in [-0.3, -0.25) is 9.78 Å². The fraction of sp³-hybridized carbons (Fsp3) is 0.375. The maximum Gasteiger partial charge on any atom is 0.228 e. The average Bonchev–Trinajstić information content (AvgIpc) is 3.00. The second-order valence-corrected chi connectivity index (χ2v) is 6.22. The lowest BCUT2D eigenvalue weighted by Crippen LogP contribution is -2.37. The normalized spacial score (nSPS) is 14.0. The van der Waals surface area contributed by atoms with Crippen molar-refractivity contribution in [2.45, 2.75) is 26.0 Å². The molecular formula is C16H18N2O2S. The highest BCUT2D eigenvalue weighted by atomic mass is 32.1. The van der Waals surface area contributed by atoms with Crippen LogP contribution in [0.1, 0.15) is 21.6 Å². The summed E-state index contributed by atoms with van der Waals surface area (Å²) >= 11 is 1.63. The monoisotopic (exact) mass is 302 g/mol. The van der Waals surface area contributed by atoms with E-state index in [4.69, 9.17) is 4.74 Å². The molecule has 0 aliphatic carbocycles. The van der Waals surface area contributed by atoms with Crippen molar-refractivity contribution in [3.8, 4) is 0 Å². The molecule has 0 spiro atoms. The van der Waals surface area contributed by atoms with E-state index in [1.165, 1.54) is 5.56 Å². The van der Waals surface area contributed by atoms with Crippen LogP contribution in [0.5, 0.6) is 0 Å². The Labute approximate surface area is 128 Å². The van der Waals surface area contributed by atoms with Gasteiger partial charge in [-0.2, -0.15) is 0 Å². The minimum Gasteiger partial charge on any atom is -0.380 e. The number of ether oxygens (including phenoxy) is 1. The van der Waals surface area contributed by atoms with E-state index < -0.39 is 0 Å². The predicted octanol–water partition coefficient (Wildman–Crippen LogP) is 2.42. The van der Waals surface area contributed by atoms with Crippen LogP contribution in [0.15, 0.2) is 29.9 Å². The Kier molecular flexibility index (Phi) is 4.31. The van der Waals surface area contributed by atoms with Gasteiger partial charge in [0.1, 0.15) is 0 Å². The Bertz CT molecular complexity index is 625. The molecule has 2 aromatic heterocycles. The van der Waals surface area contributed by atoms with Gasteiger partial charge in [0.15, 0.2) is 0 Å². The van der Waals surface area contributed by atoms with E-state index in [0.717, 1.165) is 29.0 Å². The highest BCUT2D eigenvalue weighted by molar-refractivity contribution is 7.10. The third-order valence-electron chi connectivity index (χ3n) is 3.79. The van der Waals surface area contributed by atoms with Crippen molar-refractivity contribution in [2.75, 3.05) is 13.7 Å². The maximum atomic E-state index is 12.4. The SMILES string of the molecule is COCc1cncc2c1CCN(C(=O)Cc1cccs1)C2. The van der Waals surface area contributed by atoms with Crippen LogP contribution in [0.2, 0.25) is 0 Å². The molecule has 0 N–H and O–H groups in total. The van der Waals surface area contributed by atoms with Gasteiger partial charge in [0.25, 0.3) is 0 Å². The van der Waals surface area contributed by atoms with Crippen molar-refractivity contribution in [1.82, 2.24) is 9.88 Å².